The van der Waals surface area contributed by atoms with Crippen molar-refractivity contribution in [3.05, 3.63) is 66.2 Å². The lowest BCUT2D eigenvalue weighted by Gasteiger charge is -2.19. The van der Waals surface area contributed by atoms with Gasteiger partial charge >= 0.3 is 6.03 Å². The van der Waals surface area contributed by atoms with Gasteiger partial charge < -0.3 is 9.73 Å². The molecule has 2 atom stereocenters. The van der Waals surface area contributed by atoms with Crippen LogP contribution in [0, 0.1) is 5.82 Å². The third-order valence-electron chi connectivity index (χ3n) is 5.10. The van der Waals surface area contributed by atoms with Crippen molar-refractivity contribution < 1.29 is 23.2 Å². The average molecular weight is 409 g/mol. The molecule has 1 saturated heterocycles. The SMILES string of the molecule is CC(NC(=O)CN1C(=O)C(C)N(c2ccc(F)cc2)C1=O)c1cc2ccccc2o1. The molecule has 154 valence electrons. The molecule has 0 saturated carbocycles. The molecule has 0 radical (unpaired) electrons. The summed E-state index contributed by atoms with van der Waals surface area (Å²) in [6.07, 6.45) is 0. The van der Waals surface area contributed by atoms with Crippen LogP contribution in [-0.2, 0) is 9.59 Å². The van der Waals surface area contributed by atoms with E-state index in [2.05, 4.69) is 5.32 Å². The van der Waals surface area contributed by atoms with Crippen molar-refractivity contribution in [2.75, 3.05) is 11.4 Å². The van der Waals surface area contributed by atoms with Gasteiger partial charge in [0, 0.05) is 11.1 Å². The van der Waals surface area contributed by atoms with Gasteiger partial charge in [0.1, 0.15) is 29.7 Å². The van der Waals surface area contributed by atoms with Crippen LogP contribution >= 0.6 is 0 Å². The van der Waals surface area contributed by atoms with Crippen LogP contribution in [0.2, 0.25) is 0 Å². The molecule has 7 nitrogen and oxygen atoms in total. The number of halogens is 1. The fourth-order valence-electron chi connectivity index (χ4n) is 3.52. The normalized spacial score (nSPS) is 17.6. The summed E-state index contributed by atoms with van der Waals surface area (Å²) in [5, 5.41) is 3.67. The Bertz CT molecular complexity index is 1090. The smallest absolute Gasteiger partial charge is 0.332 e. The van der Waals surface area contributed by atoms with Crippen LogP contribution in [0.25, 0.3) is 11.0 Å². The predicted molar refractivity (Wildman–Crippen MR) is 108 cm³/mol. The van der Waals surface area contributed by atoms with E-state index >= 15 is 0 Å². The number of amides is 4. The number of fused-ring (bicyclic) bond motifs is 1. The lowest BCUT2D eigenvalue weighted by atomic mass is 10.2. The molecule has 2 heterocycles. The number of hydrogen-bond acceptors (Lipinski definition) is 4. The van der Waals surface area contributed by atoms with Crippen molar-refractivity contribution in [1.29, 1.82) is 0 Å². The van der Waals surface area contributed by atoms with Gasteiger partial charge in [-0.2, -0.15) is 0 Å². The Morgan fingerprint density at radius 2 is 1.87 bits per heavy atom. The lowest BCUT2D eigenvalue weighted by molar-refractivity contribution is -0.132. The molecule has 1 fully saturated rings. The molecule has 0 aliphatic carbocycles. The van der Waals surface area contributed by atoms with Gasteiger partial charge in [0.15, 0.2) is 0 Å². The minimum atomic E-state index is -0.788. The van der Waals surface area contributed by atoms with E-state index < -0.39 is 42.3 Å². The van der Waals surface area contributed by atoms with Gasteiger partial charge in [-0.3, -0.25) is 19.4 Å². The highest BCUT2D eigenvalue weighted by Gasteiger charge is 2.44. The molecule has 1 N–H and O–H groups in total. The maximum absolute atomic E-state index is 13.2. The van der Waals surface area contributed by atoms with E-state index in [1.165, 1.54) is 29.2 Å². The molecular weight excluding hydrogens is 389 g/mol. The number of anilines is 1. The van der Waals surface area contributed by atoms with Gasteiger partial charge in [-0.25, -0.2) is 9.18 Å². The van der Waals surface area contributed by atoms with Gasteiger partial charge in [0.05, 0.1) is 6.04 Å². The first-order valence-electron chi connectivity index (χ1n) is 9.53. The Morgan fingerprint density at radius 3 is 2.57 bits per heavy atom. The van der Waals surface area contributed by atoms with Crippen molar-refractivity contribution in [3.63, 3.8) is 0 Å². The number of rotatable bonds is 5. The van der Waals surface area contributed by atoms with Crippen molar-refractivity contribution in [2.45, 2.75) is 25.9 Å². The van der Waals surface area contributed by atoms with Gasteiger partial charge in [0.2, 0.25) is 5.91 Å². The third-order valence-corrected chi connectivity index (χ3v) is 5.10. The van der Waals surface area contributed by atoms with E-state index in [0.717, 1.165) is 10.3 Å². The van der Waals surface area contributed by atoms with Crippen LogP contribution in [0.3, 0.4) is 0 Å². The number of carbonyl (C=O) groups is 3. The number of hydrogen-bond donors (Lipinski definition) is 1. The summed E-state index contributed by atoms with van der Waals surface area (Å²) >= 11 is 0. The molecular formula is C22H20FN3O4. The first-order chi connectivity index (χ1) is 14.3. The Balaban J connectivity index is 1.45. The van der Waals surface area contributed by atoms with Gasteiger partial charge in [0.25, 0.3) is 5.91 Å². The number of imide groups is 1. The summed E-state index contributed by atoms with van der Waals surface area (Å²) in [6.45, 7) is 2.92. The van der Waals surface area contributed by atoms with E-state index in [-0.39, 0.29) is 0 Å². The molecule has 1 aliphatic heterocycles. The summed E-state index contributed by atoms with van der Waals surface area (Å²) in [7, 11) is 0. The predicted octanol–water partition coefficient (Wildman–Crippen LogP) is 3.61. The summed E-state index contributed by atoms with van der Waals surface area (Å²) in [6, 6.07) is 12.7. The van der Waals surface area contributed by atoms with E-state index in [1.54, 1.807) is 13.8 Å². The molecule has 1 aliphatic rings. The number of carbonyl (C=O) groups excluding carboxylic acids is 3. The lowest BCUT2D eigenvalue weighted by Crippen LogP contribution is -2.42. The van der Waals surface area contributed by atoms with Crippen LogP contribution in [0.4, 0.5) is 14.9 Å². The molecule has 0 spiro atoms. The van der Waals surface area contributed by atoms with Crippen LogP contribution in [0.5, 0.6) is 0 Å². The quantitative estimate of drug-likeness (QED) is 0.653. The van der Waals surface area contributed by atoms with Crippen LogP contribution < -0.4 is 10.2 Å². The van der Waals surface area contributed by atoms with E-state index in [1.807, 2.05) is 30.3 Å². The zero-order valence-corrected chi connectivity index (χ0v) is 16.5. The third kappa shape index (κ3) is 3.52. The van der Waals surface area contributed by atoms with Gasteiger partial charge in [-0.1, -0.05) is 18.2 Å². The highest BCUT2D eigenvalue weighted by molar-refractivity contribution is 6.15. The van der Waals surface area contributed by atoms with E-state index in [0.29, 0.717) is 17.0 Å². The second-order valence-corrected chi connectivity index (χ2v) is 7.21. The average Bonchev–Trinajstić information content (AvgIpc) is 3.24. The Labute approximate surface area is 172 Å². The van der Waals surface area contributed by atoms with Crippen LogP contribution in [0.15, 0.2) is 59.0 Å². The number of para-hydroxylation sites is 1. The topological polar surface area (TPSA) is 82.9 Å². The molecule has 3 aromatic rings. The number of benzene rings is 2. The first-order valence-corrected chi connectivity index (χ1v) is 9.53. The number of nitrogens with one attached hydrogen (secondary N) is 1. The number of furan rings is 1. The van der Waals surface area contributed by atoms with E-state index in [4.69, 9.17) is 4.42 Å². The maximum atomic E-state index is 13.2. The molecule has 2 aromatic carbocycles. The minimum absolute atomic E-state index is 0.390. The highest BCUT2D eigenvalue weighted by atomic mass is 19.1. The molecule has 4 rings (SSSR count). The minimum Gasteiger partial charge on any atom is -0.459 e. The fraction of sp³-hybridized carbons (Fsp3) is 0.227. The standard InChI is InChI=1S/C22H20FN3O4/c1-13(19-11-15-5-3-4-6-18(15)30-19)24-20(27)12-25-21(28)14(2)26(22(25)29)17-9-7-16(23)8-10-17/h3-11,13-14H,12H2,1-2H3,(H,24,27). The summed E-state index contributed by atoms with van der Waals surface area (Å²) in [4.78, 5) is 40.0. The first kappa shape index (κ1) is 19.6. The van der Waals surface area contributed by atoms with Crippen molar-refractivity contribution in [2.24, 2.45) is 0 Å². The Kier molecular flexibility index (Phi) is 4.99. The molecule has 1 aromatic heterocycles. The molecule has 2 unspecified atom stereocenters. The van der Waals surface area contributed by atoms with Gasteiger partial charge in [-0.15, -0.1) is 0 Å². The highest BCUT2D eigenvalue weighted by Crippen LogP contribution is 2.26. The summed E-state index contributed by atoms with van der Waals surface area (Å²) in [5.74, 6) is -0.848. The molecule has 4 amide bonds. The summed E-state index contributed by atoms with van der Waals surface area (Å²) in [5.41, 5.74) is 1.10. The van der Waals surface area contributed by atoms with Crippen molar-refractivity contribution >= 4 is 34.5 Å². The van der Waals surface area contributed by atoms with Crippen molar-refractivity contribution in [3.8, 4) is 0 Å². The molecule has 0 bridgehead atoms. The van der Waals surface area contributed by atoms with Gasteiger partial charge in [-0.05, 0) is 50.2 Å². The van der Waals surface area contributed by atoms with Crippen LogP contribution in [-0.4, -0.2) is 35.3 Å². The Morgan fingerprint density at radius 1 is 1.17 bits per heavy atom. The fourth-order valence-corrected chi connectivity index (χ4v) is 3.52. The molecule has 8 heteroatoms. The maximum Gasteiger partial charge on any atom is 0.332 e. The second kappa shape index (κ2) is 7.62. The monoisotopic (exact) mass is 409 g/mol. The molecule has 30 heavy (non-hydrogen) atoms. The number of nitrogens with zero attached hydrogens (tertiary/aromatic N) is 2. The second-order valence-electron chi connectivity index (χ2n) is 7.21. The number of urea groups is 1. The van der Waals surface area contributed by atoms with E-state index in [9.17, 15) is 18.8 Å². The zero-order chi connectivity index (χ0) is 21.4. The zero-order valence-electron chi connectivity index (χ0n) is 16.5. The van der Waals surface area contributed by atoms with Crippen LogP contribution in [0.1, 0.15) is 25.6 Å². The van der Waals surface area contributed by atoms with Crippen molar-refractivity contribution in [1.82, 2.24) is 10.2 Å². The Hall–Kier alpha value is -3.68. The largest absolute Gasteiger partial charge is 0.459 e. The summed E-state index contributed by atoms with van der Waals surface area (Å²) < 4.78 is 18.9.